The topological polar surface area (TPSA) is 44.4 Å². The van der Waals surface area contributed by atoms with Gasteiger partial charge in [0.05, 0.1) is 0 Å². The van der Waals surface area contributed by atoms with Crippen molar-refractivity contribution in [3.05, 3.63) is 0 Å². The van der Waals surface area contributed by atoms with Gasteiger partial charge in [0.25, 0.3) is 0 Å². The molecule has 92 valence electrons. The van der Waals surface area contributed by atoms with Crippen LogP contribution in [0.2, 0.25) is 0 Å². The highest BCUT2D eigenvalue weighted by Gasteiger charge is 2.28. The van der Waals surface area contributed by atoms with E-state index in [1.54, 1.807) is 0 Å². The van der Waals surface area contributed by atoms with Gasteiger partial charge in [-0.25, -0.2) is 4.79 Å². The molecule has 2 N–H and O–H groups in total. The Morgan fingerprint density at radius 2 is 2.19 bits per heavy atom. The van der Waals surface area contributed by atoms with Crippen LogP contribution in [-0.4, -0.2) is 43.7 Å². The molecule has 0 bridgehead atoms. The molecule has 1 saturated carbocycles. The lowest BCUT2D eigenvalue weighted by Crippen LogP contribution is -2.37. The summed E-state index contributed by atoms with van der Waals surface area (Å²) in [5.41, 5.74) is 0.507. The van der Waals surface area contributed by atoms with E-state index in [1.807, 2.05) is 4.90 Å². The highest BCUT2D eigenvalue weighted by atomic mass is 16.2. The number of hydrogen-bond acceptors (Lipinski definition) is 2. The van der Waals surface area contributed by atoms with Crippen LogP contribution in [0.3, 0.4) is 0 Å². The largest absolute Gasteiger partial charge is 0.336 e. The molecule has 0 radical (unpaired) electrons. The molecule has 2 rings (SSSR count). The van der Waals surface area contributed by atoms with Crippen LogP contribution >= 0.6 is 0 Å². The van der Waals surface area contributed by atoms with Gasteiger partial charge in [0, 0.05) is 32.7 Å². The summed E-state index contributed by atoms with van der Waals surface area (Å²) < 4.78 is 0. The molecule has 4 heteroatoms. The zero-order chi connectivity index (χ0) is 11.4. The Hall–Kier alpha value is -0.770. The van der Waals surface area contributed by atoms with Gasteiger partial charge in [-0.2, -0.15) is 0 Å². The Labute approximate surface area is 97.8 Å². The minimum atomic E-state index is 0.0916. The second-order valence-electron chi connectivity index (χ2n) is 5.41. The Kier molecular flexibility index (Phi) is 3.69. The molecule has 0 aromatic rings. The minimum absolute atomic E-state index is 0.0916. The molecule has 1 saturated heterocycles. The smallest absolute Gasteiger partial charge is 0.317 e. The quantitative estimate of drug-likeness (QED) is 0.690. The van der Waals surface area contributed by atoms with Crippen molar-refractivity contribution in [1.82, 2.24) is 15.5 Å². The van der Waals surface area contributed by atoms with E-state index in [2.05, 4.69) is 17.6 Å². The minimum Gasteiger partial charge on any atom is -0.336 e. The van der Waals surface area contributed by atoms with E-state index < -0.39 is 0 Å². The first-order valence-electron chi connectivity index (χ1n) is 6.43. The van der Waals surface area contributed by atoms with Gasteiger partial charge in [-0.15, -0.1) is 0 Å². The van der Waals surface area contributed by atoms with Gasteiger partial charge >= 0.3 is 6.03 Å². The van der Waals surface area contributed by atoms with Gasteiger partial charge in [0.2, 0.25) is 0 Å². The summed E-state index contributed by atoms with van der Waals surface area (Å²) in [5, 5.41) is 6.31. The van der Waals surface area contributed by atoms with Gasteiger partial charge < -0.3 is 15.5 Å². The maximum absolute atomic E-state index is 11.3. The number of nitrogens with zero attached hydrogens (tertiary/aromatic N) is 1. The normalized spacial score (nSPS) is 23.8. The maximum Gasteiger partial charge on any atom is 0.317 e. The van der Waals surface area contributed by atoms with Gasteiger partial charge in [0.15, 0.2) is 0 Å². The van der Waals surface area contributed by atoms with Crippen LogP contribution in [-0.2, 0) is 0 Å². The first-order chi connectivity index (χ1) is 7.70. The van der Waals surface area contributed by atoms with E-state index in [1.165, 1.54) is 25.7 Å². The number of carbonyl (C=O) groups excluding carboxylic acids is 1. The molecule has 0 spiro atoms. The number of urea groups is 1. The van der Waals surface area contributed by atoms with Crippen molar-refractivity contribution < 1.29 is 4.79 Å². The molecule has 0 unspecified atom stereocenters. The van der Waals surface area contributed by atoms with E-state index in [-0.39, 0.29) is 6.03 Å². The summed E-state index contributed by atoms with van der Waals surface area (Å²) in [6.45, 7) is 6.89. The van der Waals surface area contributed by atoms with Crippen LogP contribution in [0.4, 0.5) is 4.79 Å². The van der Waals surface area contributed by atoms with Gasteiger partial charge in [-0.05, 0) is 18.3 Å². The van der Waals surface area contributed by atoms with Crippen LogP contribution in [0.15, 0.2) is 0 Å². The number of rotatable bonds is 5. The second kappa shape index (κ2) is 5.04. The average molecular weight is 225 g/mol. The highest BCUT2D eigenvalue weighted by Crippen LogP contribution is 2.36. The molecule has 16 heavy (non-hydrogen) atoms. The number of nitrogens with one attached hydrogen (secondary N) is 2. The fourth-order valence-electron chi connectivity index (χ4n) is 2.73. The van der Waals surface area contributed by atoms with E-state index in [0.29, 0.717) is 5.41 Å². The Morgan fingerprint density at radius 3 is 2.81 bits per heavy atom. The van der Waals surface area contributed by atoms with Crippen LogP contribution < -0.4 is 10.6 Å². The zero-order valence-electron chi connectivity index (χ0n) is 10.2. The van der Waals surface area contributed by atoms with Gasteiger partial charge in [-0.3, -0.25) is 0 Å². The van der Waals surface area contributed by atoms with E-state index >= 15 is 0 Å². The lowest BCUT2D eigenvalue weighted by atomic mass is 9.89. The summed E-state index contributed by atoms with van der Waals surface area (Å²) in [7, 11) is 0. The van der Waals surface area contributed by atoms with Crippen molar-refractivity contribution >= 4 is 6.03 Å². The summed E-state index contributed by atoms with van der Waals surface area (Å²) in [4.78, 5) is 13.2. The third-order valence-corrected chi connectivity index (χ3v) is 3.87. The molecular formula is C12H23N3O. The average Bonchev–Trinajstić information content (AvgIpc) is 2.84. The van der Waals surface area contributed by atoms with Crippen molar-refractivity contribution in [3.63, 3.8) is 0 Å². The first-order valence-corrected chi connectivity index (χ1v) is 6.43. The third kappa shape index (κ3) is 2.88. The molecular weight excluding hydrogens is 202 g/mol. The fraction of sp³-hybridized carbons (Fsp3) is 0.917. The van der Waals surface area contributed by atoms with E-state index in [0.717, 1.165) is 32.7 Å². The fourth-order valence-corrected chi connectivity index (χ4v) is 2.73. The van der Waals surface area contributed by atoms with Crippen LogP contribution in [0, 0.1) is 5.41 Å². The van der Waals surface area contributed by atoms with Crippen molar-refractivity contribution in [1.29, 1.82) is 0 Å². The molecule has 2 fully saturated rings. The van der Waals surface area contributed by atoms with Crippen LogP contribution in [0.1, 0.15) is 32.6 Å². The lowest BCUT2D eigenvalue weighted by Gasteiger charge is -2.24. The predicted molar refractivity (Wildman–Crippen MR) is 64.4 cm³/mol. The molecule has 0 atom stereocenters. The van der Waals surface area contributed by atoms with Crippen molar-refractivity contribution in [2.45, 2.75) is 32.6 Å². The van der Waals surface area contributed by atoms with Crippen molar-refractivity contribution in [2.75, 3.05) is 32.7 Å². The Bertz CT molecular complexity index is 249. The molecule has 1 aliphatic carbocycles. The molecule has 0 aromatic carbocycles. The molecule has 2 aliphatic rings. The number of amides is 2. The zero-order valence-corrected chi connectivity index (χ0v) is 10.2. The SMILES string of the molecule is CC1(CNCCN2CCNC2=O)CCCC1. The standard InChI is InChI=1S/C12H23N3O/c1-12(4-2-3-5-12)10-13-6-8-15-9-7-14-11(15)16/h13H,2-10H2,1H3,(H,14,16). The highest BCUT2D eigenvalue weighted by molar-refractivity contribution is 5.76. The maximum atomic E-state index is 11.3. The summed E-state index contributed by atoms with van der Waals surface area (Å²) in [6.07, 6.45) is 5.47. The van der Waals surface area contributed by atoms with E-state index in [9.17, 15) is 4.79 Å². The first kappa shape index (κ1) is 11.7. The molecule has 1 heterocycles. The molecule has 4 nitrogen and oxygen atoms in total. The molecule has 2 amide bonds. The monoisotopic (exact) mass is 225 g/mol. The van der Waals surface area contributed by atoms with E-state index in [4.69, 9.17) is 0 Å². The second-order valence-corrected chi connectivity index (χ2v) is 5.41. The third-order valence-electron chi connectivity index (χ3n) is 3.87. The van der Waals surface area contributed by atoms with Crippen LogP contribution in [0.5, 0.6) is 0 Å². The predicted octanol–water partition coefficient (Wildman–Crippen LogP) is 1.18. The Balaban J connectivity index is 1.59. The number of hydrogen-bond donors (Lipinski definition) is 2. The summed E-state index contributed by atoms with van der Waals surface area (Å²) in [5.74, 6) is 0. The molecule has 0 aromatic heterocycles. The van der Waals surface area contributed by atoms with Crippen LogP contribution in [0.25, 0.3) is 0 Å². The van der Waals surface area contributed by atoms with Gasteiger partial charge in [0.1, 0.15) is 0 Å². The molecule has 1 aliphatic heterocycles. The van der Waals surface area contributed by atoms with Gasteiger partial charge in [-0.1, -0.05) is 19.8 Å². The van der Waals surface area contributed by atoms with Crippen molar-refractivity contribution in [2.24, 2.45) is 5.41 Å². The van der Waals surface area contributed by atoms with Crippen molar-refractivity contribution in [3.8, 4) is 0 Å². The summed E-state index contributed by atoms with van der Waals surface area (Å²) >= 11 is 0. The summed E-state index contributed by atoms with van der Waals surface area (Å²) in [6, 6.07) is 0.0916. The number of carbonyl (C=O) groups is 1. The Morgan fingerprint density at radius 1 is 1.44 bits per heavy atom. The lowest BCUT2D eigenvalue weighted by molar-refractivity contribution is 0.216.